The van der Waals surface area contributed by atoms with E-state index in [1.54, 1.807) is 0 Å². The maximum Gasteiger partial charge on any atom is 0.0898 e. The van der Waals surface area contributed by atoms with Crippen molar-refractivity contribution in [1.82, 2.24) is 20.5 Å². The summed E-state index contributed by atoms with van der Waals surface area (Å²) in [6, 6.07) is 2.63. The molecule has 1 aromatic heterocycles. The molecule has 2 unspecified atom stereocenters. The fourth-order valence-corrected chi connectivity index (χ4v) is 3.93. The third kappa shape index (κ3) is 6.54. The summed E-state index contributed by atoms with van der Waals surface area (Å²) in [6.45, 7) is 13.8. The third-order valence-electron chi connectivity index (χ3n) is 5.78. The first kappa shape index (κ1) is 24.9. The van der Waals surface area contributed by atoms with Crippen molar-refractivity contribution in [1.29, 1.82) is 0 Å². The Labute approximate surface area is 188 Å². The Morgan fingerprint density at radius 3 is 2.74 bits per heavy atom. The topological polar surface area (TPSA) is 40.2 Å². The molecule has 1 aromatic rings. The minimum atomic E-state index is -0.297. The van der Waals surface area contributed by atoms with Crippen LogP contribution in [0.25, 0.3) is 0 Å². The first-order valence-corrected chi connectivity index (χ1v) is 11.4. The zero-order chi connectivity index (χ0) is 22.8. The van der Waals surface area contributed by atoms with E-state index >= 15 is 0 Å². The molecular formula is C26H39FN4. The van der Waals surface area contributed by atoms with E-state index in [9.17, 15) is 4.39 Å². The molecule has 0 aromatic carbocycles. The van der Waals surface area contributed by atoms with Gasteiger partial charge in [0.2, 0.25) is 0 Å². The number of rotatable bonds is 12. The largest absolute Gasteiger partial charge is 0.385 e. The molecule has 0 bridgehead atoms. The highest BCUT2D eigenvalue weighted by Crippen LogP contribution is 2.36. The van der Waals surface area contributed by atoms with Crippen molar-refractivity contribution >= 4 is 0 Å². The molecule has 1 aliphatic rings. The lowest BCUT2D eigenvalue weighted by Gasteiger charge is -2.30. The van der Waals surface area contributed by atoms with Crippen LogP contribution >= 0.6 is 0 Å². The van der Waals surface area contributed by atoms with E-state index in [1.807, 2.05) is 25.5 Å². The van der Waals surface area contributed by atoms with E-state index in [0.717, 1.165) is 30.8 Å². The minimum absolute atomic E-state index is 0.192. The SMILES string of the molecule is C=CC(C)N/C=C\C1=C(CNC)CN(C(C)c2cnc(CCCF)c(C)c2)/C1=C\CC. The van der Waals surface area contributed by atoms with E-state index in [4.69, 9.17) is 0 Å². The van der Waals surface area contributed by atoms with Gasteiger partial charge in [-0.3, -0.25) is 9.37 Å². The Bertz CT molecular complexity index is 825. The molecule has 0 amide bonds. The first-order chi connectivity index (χ1) is 15.0. The normalized spacial score (nSPS) is 17.6. The summed E-state index contributed by atoms with van der Waals surface area (Å²) in [6.07, 6.45) is 12.6. The standard InChI is InChI=1S/C26H39FN4/c1-7-10-26-24(12-14-29-20(4)8-2)23(16-28-6)18-31(26)21(5)22-15-19(3)25(30-17-22)11-9-13-27/h8,10,12,14-15,17,20-21,28-29H,2,7,9,11,13,16,18H2,1,3-6H3/b14-12-,26-10-. The maximum atomic E-state index is 12.6. The predicted molar refractivity (Wildman–Crippen MR) is 130 cm³/mol. The Morgan fingerprint density at radius 2 is 2.13 bits per heavy atom. The van der Waals surface area contributed by atoms with Gasteiger partial charge in [-0.15, -0.1) is 6.58 Å². The molecule has 31 heavy (non-hydrogen) atoms. The summed E-state index contributed by atoms with van der Waals surface area (Å²) in [4.78, 5) is 7.12. The molecule has 0 saturated heterocycles. The van der Waals surface area contributed by atoms with Crippen molar-refractivity contribution in [2.24, 2.45) is 0 Å². The Hall–Kier alpha value is -2.40. The molecule has 4 nitrogen and oxygen atoms in total. The second-order valence-corrected chi connectivity index (χ2v) is 8.20. The van der Waals surface area contributed by atoms with Gasteiger partial charge in [0.1, 0.15) is 0 Å². The number of nitrogens with one attached hydrogen (secondary N) is 2. The van der Waals surface area contributed by atoms with Crippen LogP contribution in [0.15, 0.2) is 60.1 Å². The number of pyridine rings is 1. The number of aryl methyl sites for hydroxylation is 2. The number of alkyl halides is 1. The zero-order valence-electron chi connectivity index (χ0n) is 19.8. The van der Waals surface area contributed by atoms with Gasteiger partial charge in [-0.2, -0.15) is 0 Å². The molecule has 0 spiro atoms. The summed E-state index contributed by atoms with van der Waals surface area (Å²) in [7, 11) is 1.99. The van der Waals surface area contributed by atoms with Crippen molar-refractivity contribution in [3.63, 3.8) is 0 Å². The molecule has 5 heteroatoms. The molecule has 170 valence electrons. The van der Waals surface area contributed by atoms with Gasteiger partial charge in [-0.25, -0.2) is 0 Å². The van der Waals surface area contributed by atoms with Gasteiger partial charge in [0, 0.05) is 42.3 Å². The number of nitrogens with zero attached hydrogens (tertiary/aromatic N) is 2. The van der Waals surface area contributed by atoms with Crippen LogP contribution in [0.2, 0.25) is 0 Å². The van der Waals surface area contributed by atoms with Crippen molar-refractivity contribution in [2.75, 3.05) is 26.8 Å². The van der Waals surface area contributed by atoms with E-state index in [2.05, 4.69) is 73.0 Å². The average Bonchev–Trinajstić information content (AvgIpc) is 3.09. The average molecular weight is 427 g/mol. The molecule has 2 N–H and O–H groups in total. The van der Waals surface area contributed by atoms with Crippen LogP contribution < -0.4 is 10.6 Å². The van der Waals surface area contributed by atoms with Crippen LogP contribution in [0.5, 0.6) is 0 Å². The van der Waals surface area contributed by atoms with Crippen molar-refractivity contribution in [2.45, 2.75) is 59.0 Å². The fourth-order valence-electron chi connectivity index (χ4n) is 3.93. The van der Waals surface area contributed by atoms with E-state index in [1.165, 1.54) is 22.4 Å². The van der Waals surface area contributed by atoms with E-state index in [0.29, 0.717) is 12.8 Å². The zero-order valence-corrected chi connectivity index (χ0v) is 19.8. The van der Waals surface area contributed by atoms with Gasteiger partial charge in [-0.05, 0) is 76.1 Å². The van der Waals surface area contributed by atoms with Crippen LogP contribution in [0.3, 0.4) is 0 Å². The lowest BCUT2D eigenvalue weighted by molar-refractivity contribution is 0.312. The summed E-state index contributed by atoms with van der Waals surface area (Å²) >= 11 is 0. The number of likely N-dealkylation sites (N-methyl/N-ethyl adjacent to an activating group) is 1. The molecule has 0 aliphatic carbocycles. The molecule has 2 atom stereocenters. The van der Waals surface area contributed by atoms with Gasteiger partial charge in [0.15, 0.2) is 0 Å². The summed E-state index contributed by atoms with van der Waals surface area (Å²) < 4.78 is 12.6. The molecule has 1 aliphatic heterocycles. The van der Waals surface area contributed by atoms with Gasteiger partial charge >= 0.3 is 0 Å². The van der Waals surface area contributed by atoms with Gasteiger partial charge < -0.3 is 15.5 Å². The Morgan fingerprint density at radius 1 is 1.35 bits per heavy atom. The van der Waals surface area contributed by atoms with Gasteiger partial charge in [-0.1, -0.05) is 25.1 Å². The minimum Gasteiger partial charge on any atom is -0.385 e. The highest BCUT2D eigenvalue weighted by Gasteiger charge is 2.29. The smallest absolute Gasteiger partial charge is 0.0898 e. The number of halogens is 1. The van der Waals surface area contributed by atoms with Gasteiger partial charge in [0.05, 0.1) is 12.7 Å². The summed E-state index contributed by atoms with van der Waals surface area (Å²) in [5.41, 5.74) is 7.25. The van der Waals surface area contributed by atoms with Crippen molar-refractivity contribution in [3.8, 4) is 0 Å². The second kappa shape index (κ2) is 12.5. The van der Waals surface area contributed by atoms with Crippen molar-refractivity contribution < 1.29 is 4.39 Å². The molecule has 0 fully saturated rings. The lowest BCUT2D eigenvalue weighted by Crippen LogP contribution is -2.25. The predicted octanol–water partition coefficient (Wildman–Crippen LogP) is 5.16. The van der Waals surface area contributed by atoms with Crippen molar-refractivity contribution in [3.05, 3.63) is 76.9 Å². The van der Waals surface area contributed by atoms with Crippen LogP contribution in [-0.2, 0) is 6.42 Å². The number of allylic oxidation sites excluding steroid dienone is 2. The molecule has 2 heterocycles. The monoisotopic (exact) mass is 426 g/mol. The van der Waals surface area contributed by atoms with Crippen LogP contribution in [0.1, 0.15) is 56.5 Å². The number of hydrogen-bond acceptors (Lipinski definition) is 4. The highest BCUT2D eigenvalue weighted by molar-refractivity contribution is 5.49. The number of hydrogen-bond donors (Lipinski definition) is 2. The molecule has 0 saturated carbocycles. The molecule has 0 radical (unpaired) electrons. The molecular weight excluding hydrogens is 387 g/mol. The first-order valence-electron chi connectivity index (χ1n) is 11.4. The highest BCUT2D eigenvalue weighted by atomic mass is 19.1. The van der Waals surface area contributed by atoms with Crippen LogP contribution in [-0.4, -0.2) is 42.7 Å². The summed E-state index contributed by atoms with van der Waals surface area (Å²) in [5.74, 6) is 0. The fraction of sp³-hybridized carbons (Fsp3) is 0.500. The quantitative estimate of drug-likeness (QED) is 0.453. The van der Waals surface area contributed by atoms with Gasteiger partial charge in [0.25, 0.3) is 0 Å². The third-order valence-corrected chi connectivity index (χ3v) is 5.78. The lowest BCUT2D eigenvalue weighted by atomic mass is 10.0. The summed E-state index contributed by atoms with van der Waals surface area (Å²) in [5, 5.41) is 6.68. The van der Waals surface area contributed by atoms with E-state index < -0.39 is 0 Å². The maximum absolute atomic E-state index is 12.6. The molecule has 2 rings (SSSR count). The number of aromatic nitrogens is 1. The van der Waals surface area contributed by atoms with Crippen LogP contribution in [0.4, 0.5) is 4.39 Å². The van der Waals surface area contributed by atoms with E-state index in [-0.39, 0.29) is 18.8 Å². The Kier molecular flexibility index (Phi) is 9.99. The Balaban J connectivity index is 2.30. The second-order valence-electron chi connectivity index (χ2n) is 8.20. The van der Waals surface area contributed by atoms with Crippen LogP contribution in [0, 0.1) is 6.92 Å².